The lowest BCUT2D eigenvalue weighted by Crippen LogP contribution is -2.05. The summed E-state index contributed by atoms with van der Waals surface area (Å²) in [4.78, 5) is 12.3. The summed E-state index contributed by atoms with van der Waals surface area (Å²) in [5.74, 6) is 2.06. The Kier molecular flexibility index (Phi) is 8.75. The van der Waals surface area contributed by atoms with Gasteiger partial charge in [-0.05, 0) is 73.0 Å². The Morgan fingerprint density at radius 1 is 0.800 bits per heavy atom. The summed E-state index contributed by atoms with van der Waals surface area (Å²) in [7, 11) is 4.59. The zero-order valence-electron chi connectivity index (χ0n) is 20.5. The van der Waals surface area contributed by atoms with Crippen LogP contribution in [-0.2, 0) is 4.79 Å². The monoisotopic (exact) mass is 478 g/mol. The second-order valence-corrected chi connectivity index (χ2v) is 7.79. The highest BCUT2D eigenvalue weighted by atomic mass is 16.5. The molecule has 7 heteroatoms. The zero-order chi connectivity index (χ0) is 25.4. The summed E-state index contributed by atoms with van der Waals surface area (Å²) in [6.07, 6.45) is 2.21. The van der Waals surface area contributed by atoms with Gasteiger partial charge in [-0.15, -0.1) is 0 Å². The molecule has 0 aliphatic carbocycles. The Morgan fingerprint density at radius 2 is 1.34 bits per heavy atom. The lowest BCUT2D eigenvalue weighted by atomic mass is 10.1. The Bertz CT molecular complexity index is 1120. The van der Waals surface area contributed by atoms with E-state index in [-0.39, 0.29) is 6.10 Å². The van der Waals surface area contributed by atoms with E-state index < -0.39 is 12.1 Å². The fraction of sp³-hybridized carbons (Fsp3) is 0.250. The third-order valence-electron chi connectivity index (χ3n) is 5.34. The predicted molar refractivity (Wildman–Crippen MR) is 133 cm³/mol. The van der Waals surface area contributed by atoms with E-state index >= 15 is 0 Å². The number of aliphatic hydroxyl groups excluding tert-OH is 1. The molecule has 0 spiro atoms. The van der Waals surface area contributed by atoms with Gasteiger partial charge < -0.3 is 28.8 Å². The molecule has 0 saturated heterocycles. The highest BCUT2D eigenvalue weighted by Crippen LogP contribution is 2.38. The van der Waals surface area contributed by atoms with Crippen LogP contribution in [0.5, 0.6) is 28.7 Å². The molecule has 0 aromatic heterocycles. The average Bonchev–Trinajstić information content (AvgIpc) is 2.87. The molecule has 3 aromatic rings. The van der Waals surface area contributed by atoms with E-state index in [4.69, 9.17) is 23.7 Å². The summed E-state index contributed by atoms with van der Waals surface area (Å²) in [5, 5.41) is 9.62. The molecule has 3 rings (SSSR count). The number of rotatable bonds is 10. The van der Waals surface area contributed by atoms with Gasteiger partial charge in [0.25, 0.3) is 0 Å². The average molecular weight is 479 g/mol. The van der Waals surface area contributed by atoms with Crippen LogP contribution in [0.4, 0.5) is 0 Å². The van der Waals surface area contributed by atoms with Crippen molar-refractivity contribution in [1.29, 1.82) is 0 Å². The van der Waals surface area contributed by atoms with Crippen molar-refractivity contribution in [2.75, 3.05) is 21.3 Å². The van der Waals surface area contributed by atoms with E-state index in [0.29, 0.717) is 34.3 Å². The smallest absolute Gasteiger partial charge is 0.336 e. The standard InChI is InChI=1S/C28H30O7/c1-18(29)21-7-11-23(12-8-21)34-19(2)22-9-13-24(14-10-22)35-27(30)15-6-20-16-25(31-3)28(33-5)26(17-20)32-4/h6-19,29H,1-5H3. The van der Waals surface area contributed by atoms with E-state index in [1.54, 1.807) is 37.3 Å². The first-order valence-corrected chi connectivity index (χ1v) is 11.1. The van der Waals surface area contributed by atoms with Gasteiger partial charge in [0.05, 0.1) is 27.4 Å². The van der Waals surface area contributed by atoms with E-state index in [2.05, 4.69) is 0 Å². The maximum atomic E-state index is 12.3. The number of ether oxygens (including phenoxy) is 5. The quantitative estimate of drug-likeness (QED) is 0.233. The minimum Gasteiger partial charge on any atom is -0.493 e. The molecule has 0 heterocycles. The second kappa shape index (κ2) is 11.9. The molecule has 2 unspecified atom stereocenters. The minimum absolute atomic E-state index is 0.211. The fourth-order valence-corrected chi connectivity index (χ4v) is 3.42. The van der Waals surface area contributed by atoms with Crippen molar-refractivity contribution in [2.45, 2.75) is 26.1 Å². The van der Waals surface area contributed by atoms with Gasteiger partial charge in [-0.1, -0.05) is 24.3 Å². The van der Waals surface area contributed by atoms with Gasteiger partial charge in [-0.25, -0.2) is 4.79 Å². The first-order chi connectivity index (χ1) is 16.8. The van der Waals surface area contributed by atoms with Crippen molar-refractivity contribution in [2.24, 2.45) is 0 Å². The number of carbonyl (C=O) groups is 1. The number of benzene rings is 3. The van der Waals surface area contributed by atoms with Gasteiger partial charge in [0.2, 0.25) is 5.75 Å². The van der Waals surface area contributed by atoms with E-state index in [9.17, 15) is 9.90 Å². The van der Waals surface area contributed by atoms with E-state index in [1.165, 1.54) is 27.4 Å². The SMILES string of the molecule is COc1cc(C=CC(=O)Oc2ccc(C(C)Oc3ccc(C(C)O)cc3)cc2)cc(OC)c1OC. The number of hydrogen-bond acceptors (Lipinski definition) is 7. The second-order valence-electron chi connectivity index (χ2n) is 7.79. The zero-order valence-corrected chi connectivity index (χ0v) is 20.5. The van der Waals surface area contributed by atoms with E-state index in [0.717, 1.165) is 11.1 Å². The van der Waals surface area contributed by atoms with E-state index in [1.807, 2.05) is 43.3 Å². The summed E-state index contributed by atoms with van der Waals surface area (Å²) in [5.41, 5.74) is 2.45. The van der Waals surface area contributed by atoms with Crippen LogP contribution < -0.4 is 23.7 Å². The molecule has 0 fully saturated rings. The van der Waals surface area contributed by atoms with Crippen LogP contribution in [0, 0.1) is 0 Å². The molecule has 0 amide bonds. The number of hydrogen-bond donors (Lipinski definition) is 1. The molecule has 0 aliphatic rings. The number of methoxy groups -OCH3 is 3. The first-order valence-electron chi connectivity index (χ1n) is 11.1. The molecule has 7 nitrogen and oxygen atoms in total. The van der Waals surface area contributed by atoms with Crippen molar-refractivity contribution < 1.29 is 33.6 Å². The molecule has 3 aromatic carbocycles. The third-order valence-corrected chi connectivity index (χ3v) is 5.34. The van der Waals surface area contributed by atoms with Crippen LogP contribution in [0.1, 0.15) is 42.7 Å². The van der Waals surface area contributed by atoms with Crippen molar-refractivity contribution >= 4 is 12.0 Å². The van der Waals surface area contributed by atoms with Crippen LogP contribution in [0.3, 0.4) is 0 Å². The molecule has 0 radical (unpaired) electrons. The lowest BCUT2D eigenvalue weighted by molar-refractivity contribution is -0.128. The van der Waals surface area contributed by atoms with Crippen LogP contribution in [0.15, 0.2) is 66.7 Å². The van der Waals surface area contributed by atoms with Crippen molar-refractivity contribution in [1.82, 2.24) is 0 Å². The number of esters is 1. The number of aliphatic hydroxyl groups is 1. The van der Waals surface area contributed by atoms with Crippen LogP contribution >= 0.6 is 0 Å². The molecule has 0 saturated carbocycles. The Morgan fingerprint density at radius 3 is 1.86 bits per heavy atom. The van der Waals surface area contributed by atoms with Gasteiger partial charge in [0, 0.05) is 6.08 Å². The van der Waals surface area contributed by atoms with Crippen LogP contribution in [0.25, 0.3) is 6.08 Å². The largest absolute Gasteiger partial charge is 0.493 e. The van der Waals surface area contributed by atoms with Gasteiger partial charge in [-0.2, -0.15) is 0 Å². The van der Waals surface area contributed by atoms with Crippen molar-refractivity contribution in [3.8, 4) is 28.7 Å². The Balaban J connectivity index is 1.61. The molecular weight excluding hydrogens is 448 g/mol. The Hall–Kier alpha value is -3.97. The van der Waals surface area contributed by atoms with Gasteiger partial charge in [0.15, 0.2) is 11.5 Å². The van der Waals surface area contributed by atoms with Crippen molar-refractivity contribution in [3.05, 3.63) is 83.4 Å². The molecule has 0 aliphatic heterocycles. The highest BCUT2D eigenvalue weighted by molar-refractivity contribution is 5.89. The highest BCUT2D eigenvalue weighted by Gasteiger charge is 2.13. The molecular formula is C28H30O7. The maximum Gasteiger partial charge on any atom is 0.336 e. The summed E-state index contributed by atoms with van der Waals surface area (Å²) >= 11 is 0. The van der Waals surface area contributed by atoms with Gasteiger partial charge >= 0.3 is 5.97 Å². The molecule has 0 bridgehead atoms. The molecule has 1 N–H and O–H groups in total. The van der Waals surface area contributed by atoms with Crippen LogP contribution in [0.2, 0.25) is 0 Å². The number of carbonyl (C=O) groups excluding carboxylic acids is 1. The molecule has 35 heavy (non-hydrogen) atoms. The van der Waals surface area contributed by atoms with Gasteiger partial charge in [0.1, 0.15) is 17.6 Å². The maximum absolute atomic E-state index is 12.3. The third kappa shape index (κ3) is 6.77. The predicted octanol–water partition coefficient (Wildman–Crippen LogP) is 5.52. The van der Waals surface area contributed by atoms with Crippen LogP contribution in [-0.4, -0.2) is 32.4 Å². The topological polar surface area (TPSA) is 83.5 Å². The molecule has 184 valence electrons. The Labute approximate surface area is 205 Å². The summed E-state index contributed by atoms with van der Waals surface area (Å²) in [6.45, 7) is 3.65. The lowest BCUT2D eigenvalue weighted by Gasteiger charge is -2.16. The van der Waals surface area contributed by atoms with Crippen molar-refractivity contribution in [3.63, 3.8) is 0 Å². The molecule has 2 atom stereocenters. The van der Waals surface area contributed by atoms with Gasteiger partial charge in [-0.3, -0.25) is 0 Å². The normalized spacial score (nSPS) is 12.6. The summed E-state index contributed by atoms with van der Waals surface area (Å²) < 4.78 is 27.3. The summed E-state index contributed by atoms with van der Waals surface area (Å²) in [6, 6.07) is 17.9. The minimum atomic E-state index is -0.520. The first kappa shape index (κ1) is 25.6. The fourth-order valence-electron chi connectivity index (χ4n) is 3.42.